The number of pyridine rings is 1. The summed E-state index contributed by atoms with van der Waals surface area (Å²) >= 11 is 0. The molecule has 116 valence electrons. The molecule has 22 heavy (non-hydrogen) atoms. The van der Waals surface area contributed by atoms with E-state index in [0.29, 0.717) is 24.5 Å². The van der Waals surface area contributed by atoms with Crippen molar-refractivity contribution >= 4 is 11.5 Å². The van der Waals surface area contributed by atoms with Crippen molar-refractivity contribution < 1.29 is 10.0 Å². The average Bonchev–Trinajstić information content (AvgIpc) is 2.47. The molecule has 2 N–H and O–H groups in total. The maximum absolute atomic E-state index is 10.7. The summed E-state index contributed by atoms with van der Waals surface area (Å²) in [5.41, 5.74) is 0.278. The van der Waals surface area contributed by atoms with E-state index in [0.717, 1.165) is 5.56 Å². The molecule has 0 aliphatic carbocycles. The molecule has 2 rings (SSSR count). The Morgan fingerprint density at radius 2 is 1.95 bits per heavy atom. The third-order valence-corrected chi connectivity index (χ3v) is 3.57. The molecule has 6 heteroatoms. The highest BCUT2D eigenvalue weighted by atomic mass is 16.6. The zero-order chi connectivity index (χ0) is 16.2. The molecule has 0 amide bonds. The van der Waals surface area contributed by atoms with Crippen molar-refractivity contribution in [2.24, 2.45) is 0 Å². The summed E-state index contributed by atoms with van der Waals surface area (Å²) in [6.45, 7) is 3.87. The van der Waals surface area contributed by atoms with Crippen LogP contribution in [-0.4, -0.2) is 21.6 Å². The van der Waals surface area contributed by atoms with Gasteiger partial charge < -0.3 is 10.4 Å². The van der Waals surface area contributed by atoms with Crippen molar-refractivity contribution in [1.29, 1.82) is 0 Å². The van der Waals surface area contributed by atoms with Crippen molar-refractivity contribution in [3.63, 3.8) is 0 Å². The van der Waals surface area contributed by atoms with Gasteiger partial charge in [0.15, 0.2) is 0 Å². The lowest BCUT2D eigenvalue weighted by Gasteiger charge is -2.24. The average molecular weight is 301 g/mol. The van der Waals surface area contributed by atoms with Crippen LogP contribution in [0.2, 0.25) is 0 Å². The first-order chi connectivity index (χ1) is 10.4. The van der Waals surface area contributed by atoms with Crippen LogP contribution in [-0.2, 0) is 5.60 Å². The van der Waals surface area contributed by atoms with Crippen molar-refractivity contribution in [3.8, 4) is 0 Å². The number of anilines is 1. The first kappa shape index (κ1) is 15.9. The predicted octanol–water partition coefficient (Wildman–Crippen LogP) is 3.01. The minimum Gasteiger partial charge on any atom is -0.385 e. The van der Waals surface area contributed by atoms with Crippen molar-refractivity contribution in [3.05, 3.63) is 63.8 Å². The maximum Gasteiger partial charge on any atom is 0.290 e. The van der Waals surface area contributed by atoms with Gasteiger partial charge in [-0.3, -0.25) is 10.1 Å². The van der Waals surface area contributed by atoms with E-state index in [1.807, 2.05) is 30.3 Å². The molecule has 6 nitrogen and oxygen atoms in total. The Morgan fingerprint density at radius 1 is 1.27 bits per heavy atom. The van der Waals surface area contributed by atoms with Gasteiger partial charge >= 0.3 is 0 Å². The van der Waals surface area contributed by atoms with E-state index in [4.69, 9.17) is 0 Å². The van der Waals surface area contributed by atoms with E-state index in [1.165, 1.54) is 6.07 Å². The Kier molecular flexibility index (Phi) is 4.72. The number of aromatic nitrogens is 1. The number of nitrogens with one attached hydrogen (secondary N) is 1. The molecule has 1 atom stereocenters. The second-order valence-electron chi connectivity index (χ2n) is 5.37. The van der Waals surface area contributed by atoms with Crippen LogP contribution in [0.15, 0.2) is 42.5 Å². The lowest BCUT2D eigenvalue weighted by atomic mass is 9.93. The van der Waals surface area contributed by atoms with Gasteiger partial charge in [0.1, 0.15) is 11.5 Å². The highest BCUT2D eigenvalue weighted by Crippen LogP contribution is 2.24. The Hall–Kier alpha value is -2.47. The monoisotopic (exact) mass is 301 g/mol. The van der Waals surface area contributed by atoms with E-state index < -0.39 is 10.5 Å². The molecule has 1 aromatic heterocycles. The molecule has 0 saturated heterocycles. The normalized spacial score (nSPS) is 13.4. The fourth-order valence-corrected chi connectivity index (χ4v) is 2.22. The van der Waals surface area contributed by atoms with Crippen LogP contribution in [0, 0.1) is 17.0 Å². The number of benzene rings is 1. The Balaban J connectivity index is 1.96. The van der Waals surface area contributed by atoms with E-state index in [1.54, 1.807) is 19.9 Å². The topological polar surface area (TPSA) is 88.3 Å². The van der Waals surface area contributed by atoms with Crippen molar-refractivity contribution in [1.82, 2.24) is 4.98 Å². The number of hydrogen-bond acceptors (Lipinski definition) is 5. The van der Waals surface area contributed by atoms with E-state index in [2.05, 4.69) is 10.3 Å². The minimum absolute atomic E-state index is 0.00170. The Labute approximate surface area is 129 Å². The fourth-order valence-electron chi connectivity index (χ4n) is 2.22. The minimum atomic E-state index is -0.940. The molecule has 1 heterocycles. The third kappa shape index (κ3) is 3.79. The van der Waals surface area contributed by atoms with Gasteiger partial charge in [0.25, 0.3) is 5.69 Å². The van der Waals surface area contributed by atoms with Crippen LogP contribution in [0.3, 0.4) is 0 Å². The Bertz CT molecular complexity index is 657. The molecular formula is C16H19N3O3. The van der Waals surface area contributed by atoms with Crippen LogP contribution in [0.1, 0.15) is 24.6 Å². The maximum atomic E-state index is 10.7. The summed E-state index contributed by atoms with van der Waals surface area (Å²) in [5.74, 6) is 0.562. The number of hydrogen-bond donors (Lipinski definition) is 2. The highest BCUT2D eigenvalue weighted by Gasteiger charge is 2.22. The molecule has 0 spiro atoms. The summed E-state index contributed by atoms with van der Waals surface area (Å²) in [7, 11) is 0. The van der Waals surface area contributed by atoms with Crippen LogP contribution in [0.25, 0.3) is 0 Å². The van der Waals surface area contributed by atoms with Gasteiger partial charge in [-0.15, -0.1) is 0 Å². The molecule has 0 bridgehead atoms. The summed E-state index contributed by atoms with van der Waals surface area (Å²) in [6, 6.07) is 12.4. The summed E-state index contributed by atoms with van der Waals surface area (Å²) in [6.07, 6.45) is 0.495. The molecule has 1 unspecified atom stereocenters. The summed E-state index contributed by atoms with van der Waals surface area (Å²) in [5, 5.41) is 24.3. The lowest BCUT2D eigenvalue weighted by Crippen LogP contribution is -2.24. The number of aliphatic hydroxyl groups is 1. The molecule has 0 saturated carbocycles. The van der Waals surface area contributed by atoms with Gasteiger partial charge in [0.2, 0.25) is 0 Å². The lowest BCUT2D eigenvalue weighted by molar-refractivity contribution is -0.385. The van der Waals surface area contributed by atoms with Crippen LogP contribution in [0.4, 0.5) is 11.5 Å². The van der Waals surface area contributed by atoms with E-state index >= 15 is 0 Å². The Morgan fingerprint density at radius 3 is 2.55 bits per heavy atom. The number of nitro groups is 1. The van der Waals surface area contributed by atoms with E-state index in [9.17, 15) is 15.2 Å². The molecule has 1 aromatic carbocycles. The van der Waals surface area contributed by atoms with E-state index in [-0.39, 0.29) is 5.69 Å². The smallest absolute Gasteiger partial charge is 0.290 e. The van der Waals surface area contributed by atoms with Gasteiger partial charge in [-0.25, -0.2) is 4.98 Å². The number of nitrogens with zero attached hydrogens (tertiary/aromatic N) is 2. The zero-order valence-electron chi connectivity index (χ0n) is 12.6. The number of rotatable bonds is 6. The second kappa shape index (κ2) is 6.53. The molecule has 0 radical (unpaired) electrons. The first-order valence-corrected chi connectivity index (χ1v) is 7.04. The zero-order valence-corrected chi connectivity index (χ0v) is 12.6. The second-order valence-corrected chi connectivity index (χ2v) is 5.37. The van der Waals surface area contributed by atoms with Crippen LogP contribution < -0.4 is 5.32 Å². The summed E-state index contributed by atoms with van der Waals surface area (Å²) in [4.78, 5) is 14.4. The molecule has 0 fully saturated rings. The number of aryl methyl sites for hydroxylation is 1. The standard InChI is InChI=1S/C16H19N3O3/c1-12-14(19(21)22)8-9-15(18-12)17-11-10-16(2,20)13-6-4-3-5-7-13/h3-9,20H,10-11H2,1-2H3,(H,17,18). The van der Waals surface area contributed by atoms with Crippen molar-refractivity contribution in [2.75, 3.05) is 11.9 Å². The van der Waals surface area contributed by atoms with Crippen molar-refractivity contribution in [2.45, 2.75) is 25.9 Å². The molecule has 0 aliphatic heterocycles. The molecule has 0 aliphatic rings. The van der Waals surface area contributed by atoms with Crippen LogP contribution in [0.5, 0.6) is 0 Å². The predicted molar refractivity (Wildman–Crippen MR) is 84.7 cm³/mol. The SMILES string of the molecule is Cc1nc(NCCC(C)(O)c2ccccc2)ccc1[N+](=O)[O-]. The quantitative estimate of drug-likeness (QED) is 0.632. The molecular weight excluding hydrogens is 282 g/mol. The summed E-state index contributed by atoms with van der Waals surface area (Å²) < 4.78 is 0. The third-order valence-electron chi connectivity index (χ3n) is 3.57. The van der Waals surface area contributed by atoms with Crippen LogP contribution >= 0.6 is 0 Å². The van der Waals surface area contributed by atoms with Gasteiger partial charge in [-0.05, 0) is 31.9 Å². The van der Waals surface area contributed by atoms with Gasteiger partial charge in [0, 0.05) is 12.6 Å². The fraction of sp³-hybridized carbons (Fsp3) is 0.312. The van der Waals surface area contributed by atoms with Gasteiger partial charge in [0.05, 0.1) is 10.5 Å². The van der Waals surface area contributed by atoms with Gasteiger partial charge in [-0.2, -0.15) is 0 Å². The largest absolute Gasteiger partial charge is 0.385 e. The van der Waals surface area contributed by atoms with Gasteiger partial charge in [-0.1, -0.05) is 30.3 Å². The first-order valence-electron chi connectivity index (χ1n) is 7.04. The highest BCUT2D eigenvalue weighted by molar-refractivity contribution is 5.44. The molecule has 2 aromatic rings.